The maximum absolute atomic E-state index is 6.86. The van der Waals surface area contributed by atoms with Gasteiger partial charge < -0.3 is 47.6 Å². The first-order valence-corrected chi connectivity index (χ1v) is 45.2. The molecule has 10 nitrogen and oxygen atoms in total. The summed E-state index contributed by atoms with van der Waals surface area (Å²) in [7, 11) is 0. The molecule has 0 atom stereocenters. The Morgan fingerprint density at radius 3 is 0.652 bits per heavy atom. The molecular formula is C126H70Ir2N6O4. The molecule has 9 aromatic heterocycles. The van der Waals surface area contributed by atoms with Crippen molar-refractivity contribution in [2.45, 2.75) is 0 Å². The molecule has 9 heterocycles. The first-order valence-electron chi connectivity index (χ1n) is 45.2. The molecule has 0 aliphatic heterocycles. The third kappa shape index (κ3) is 14.6. The number of rotatable bonds is 17. The van der Waals surface area contributed by atoms with Crippen molar-refractivity contribution in [1.82, 2.24) is 29.9 Å². The van der Waals surface area contributed by atoms with E-state index in [0.29, 0.717) is 11.4 Å². The average Bonchev–Trinajstić information content (AvgIpc) is 1.56. The number of hydrogen-bond acceptors (Lipinski definition) is 10. The van der Waals surface area contributed by atoms with Gasteiger partial charge in [-0.2, -0.15) is 5.56 Å². The Morgan fingerprint density at radius 2 is 0.399 bits per heavy atom. The number of para-hydroxylation sites is 4. The van der Waals surface area contributed by atoms with Gasteiger partial charge in [-0.25, -0.2) is 17.7 Å². The minimum atomic E-state index is 0. The predicted molar refractivity (Wildman–Crippen MR) is 548 cm³/mol. The van der Waals surface area contributed by atoms with Crippen molar-refractivity contribution in [2.24, 2.45) is 0 Å². The quantitative estimate of drug-likeness (QED) is 0.0812. The zero-order valence-corrected chi connectivity index (χ0v) is 78.2. The first-order chi connectivity index (χ1) is 67.5. The molecule has 646 valence electrons. The van der Waals surface area contributed by atoms with E-state index in [4.69, 9.17) is 47.6 Å². The number of aromatic nitrogens is 6. The Morgan fingerprint density at radius 1 is 0.181 bits per heavy atom. The van der Waals surface area contributed by atoms with Gasteiger partial charge in [0, 0.05) is 64.3 Å². The number of nitrogens with zero attached hydrogens (tertiary/aromatic N) is 6. The van der Waals surface area contributed by atoms with Crippen LogP contribution in [-0.2, 0) is 40.2 Å². The monoisotopic (exact) mass is 2120 g/mol. The van der Waals surface area contributed by atoms with Crippen molar-refractivity contribution >= 4 is 87.8 Å². The van der Waals surface area contributed by atoms with Gasteiger partial charge >= 0.3 is 40.2 Å². The van der Waals surface area contributed by atoms with Gasteiger partial charge in [0.25, 0.3) is 0 Å². The molecule has 0 N–H and O–H groups in total. The fourth-order valence-electron chi connectivity index (χ4n) is 20.0. The predicted octanol–water partition coefficient (Wildman–Crippen LogP) is 32.8. The fourth-order valence-corrected chi connectivity index (χ4v) is 20.0. The Kier molecular flexibility index (Phi) is 21.5. The Bertz CT molecular complexity index is 8260. The molecule has 0 unspecified atom stereocenters. The molecule has 12 heteroatoms. The van der Waals surface area contributed by atoms with Crippen LogP contribution in [0.25, 0.3) is 278 Å². The third-order valence-corrected chi connectivity index (χ3v) is 26.2. The molecule has 0 fully saturated rings. The van der Waals surface area contributed by atoms with Gasteiger partial charge in [-0.3, -0.25) is 12.1 Å². The van der Waals surface area contributed by atoms with Gasteiger partial charge in [0.2, 0.25) is 0 Å². The summed E-state index contributed by atoms with van der Waals surface area (Å²) < 4.78 is 27.4. The van der Waals surface area contributed by atoms with Crippen LogP contribution in [0.15, 0.2) is 443 Å². The molecule has 17 aromatic carbocycles. The summed E-state index contributed by atoms with van der Waals surface area (Å²) in [6.07, 6.45) is 11.1. The van der Waals surface area contributed by atoms with Gasteiger partial charge in [0.15, 0.2) is 0 Å². The molecule has 138 heavy (non-hydrogen) atoms. The average molecular weight is 2120 g/mol. The van der Waals surface area contributed by atoms with E-state index in [0.717, 1.165) is 266 Å². The summed E-state index contributed by atoms with van der Waals surface area (Å²) in [5.41, 5.74) is 36.7. The van der Waals surface area contributed by atoms with Crippen molar-refractivity contribution in [3.05, 3.63) is 462 Å². The van der Waals surface area contributed by atoms with Gasteiger partial charge in [-0.05, 0) is 207 Å². The molecule has 26 aromatic rings. The summed E-state index contributed by atoms with van der Waals surface area (Å²) in [4.78, 5) is 29.6. The van der Waals surface area contributed by atoms with Crippen LogP contribution in [0.1, 0.15) is 0 Å². The molecule has 0 saturated heterocycles. The second-order valence-electron chi connectivity index (χ2n) is 34.0. The summed E-state index contributed by atoms with van der Waals surface area (Å²) >= 11 is 0. The van der Waals surface area contributed by atoms with E-state index in [1.165, 1.54) is 0 Å². The molecular weight excluding hydrogens is 2050 g/mol. The third-order valence-electron chi connectivity index (χ3n) is 26.2. The van der Waals surface area contributed by atoms with E-state index in [1.807, 2.05) is 171 Å². The maximum Gasteiger partial charge on any atom is 3.00 e. The standard InChI is InChI=1S/C126H70N6O4.2Ir/c1-2-30-87(79-69-81(89-32-5-9-37-94(89)98-57-61-102(110-45-21-25-65-127-110)122-118(98)106-41-13-17-49-114(106)133-122)73-82(70-79)90-33-6-10-38-95(90)99-58-62-103(111-46-22-26-66-128-111)123-119(99)107-42-14-18-50-115(107)134-123)86(29-1)77-53-55-78(56-54-77)126-131-75-85(76-132-126)93-36-4-3-31-88(93)80-71-83(91-34-7-11-39-96(91)100-59-63-104(112-47-23-27-67-129-112)124-120(100)108-43-15-19-51-116(108)135-124)74-84(72-80)92-35-8-12-40-97(92)101-60-64-105(113-48-24-28-68-130-113)125-121(101)109-44-16-20-52-117(109)136-125;;/h1-54,57-60,65-76H;;/q-6;2*+3. The first kappa shape index (κ1) is 84.0. The van der Waals surface area contributed by atoms with Crippen LogP contribution in [0.2, 0.25) is 0 Å². The van der Waals surface area contributed by atoms with Crippen molar-refractivity contribution in [3.63, 3.8) is 0 Å². The summed E-state index contributed by atoms with van der Waals surface area (Å²) in [6, 6.07) is 157. The Balaban J connectivity index is 0.00000518. The minimum Gasteiger partial charge on any atom is -0.501 e. The molecule has 0 saturated carbocycles. The zero-order chi connectivity index (χ0) is 89.7. The maximum atomic E-state index is 6.86. The SMILES string of the molecule is [Ir+3].[Ir+3].[c-]1cc(-c2ccccc2-c2cc(-c3ccccc3-c3c[c-]c(-c4ccccn4)c4oc5ccccc5c34)cc(-c3ccccc3-c3c[c-]c(-c4ccccn4)c4oc5ccccc5c34)c2)c[c-]c1-c1ncc(-c2ccccc2-c2cc(-c3ccccc3-c3c[c-]c(-c4ccccn4)c4oc5ccccc5c34)cc(-c3ccccc3-c3c[c-]c(-c4ccccn4)c4oc5ccccc5c34)c2)cn1. The normalized spacial score (nSPS) is 11.5. The molecule has 0 amide bonds. The summed E-state index contributed by atoms with van der Waals surface area (Å²) in [5.74, 6) is 0.484. The van der Waals surface area contributed by atoms with Crippen molar-refractivity contribution in [1.29, 1.82) is 0 Å². The van der Waals surface area contributed by atoms with Gasteiger partial charge in [0.1, 0.15) is 22.3 Å². The topological polar surface area (TPSA) is 130 Å². The van der Waals surface area contributed by atoms with E-state index in [1.54, 1.807) is 0 Å². The van der Waals surface area contributed by atoms with Crippen molar-refractivity contribution < 1.29 is 57.9 Å². The largest absolute Gasteiger partial charge is 3.00 e. The molecule has 0 spiro atoms. The molecule has 26 rings (SSSR count). The van der Waals surface area contributed by atoms with Crippen molar-refractivity contribution in [3.8, 4) is 190 Å². The van der Waals surface area contributed by atoms with Gasteiger partial charge in [-0.1, -0.05) is 339 Å². The second kappa shape index (κ2) is 35.4. The second-order valence-corrected chi connectivity index (χ2v) is 34.0. The van der Waals surface area contributed by atoms with Crippen LogP contribution >= 0.6 is 0 Å². The molecule has 0 radical (unpaired) electrons. The number of pyridine rings is 4. The number of hydrogen-bond donors (Lipinski definition) is 0. The number of furan rings is 4. The van der Waals surface area contributed by atoms with Crippen LogP contribution in [0, 0.1) is 36.4 Å². The Hall–Kier alpha value is -17.1. The minimum absolute atomic E-state index is 0. The van der Waals surface area contributed by atoms with Crippen LogP contribution in [-0.4, -0.2) is 29.9 Å². The van der Waals surface area contributed by atoms with E-state index in [9.17, 15) is 0 Å². The molecule has 0 aliphatic carbocycles. The van der Waals surface area contributed by atoms with Crippen molar-refractivity contribution in [2.75, 3.05) is 0 Å². The Labute approximate surface area is 820 Å². The van der Waals surface area contributed by atoms with Crippen LogP contribution in [0.5, 0.6) is 0 Å². The van der Waals surface area contributed by atoms with Crippen LogP contribution < -0.4 is 0 Å². The smallest absolute Gasteiger partial charge is 0.501 e. The fraction of sp³-hybridized carbons (Fsp3) is 0. The summed E-state index contributed by atoms with van der Waals surface area (Å²) in [6.45, 7) is 0. The van der Waals surface area contributed by atoms with E-state index in [2.05, 4.69) is 291 Å². The molecule has 0 aliphatic rings. The number of benzene rings is 17. The van der Waals surface area contributed by atoms with E-state index in [-0.39, 0.29) is 40.2 Å². The summed E-state index contributed by atoms with van der Waals surface area (Å²) in [5, 5.41) is 7.95. The van der Waals surface area contributed by atoms with E-state index < -0.39 is 0 Å². The molecule has 0 bridgehead atoms. The van der Waals surface area contributed by atoms with Gasteiger partial charge in [-0.15, -0.1) is 48.5 Å². The zero-order valence-electron chi connectivity index (χ0n) is 73.4. The number of fused-ring (bicyclic) bond motifs is 12. The van der Waals surface area contributed by atoms with E-state index >= 15 is 0 Å². The van der Waals surface area contributed by atoms with Crippen LogP contribution in [0.3, 0.4) is 0 Å². The van der Waals surface area contributed by atoms with Crippen LogP contribution in [0.4, 0.5) is 0 Å². The van der Waals surface area contributed by atoms with Gasteiger partial charge in [0.05, 0.1) is 22.3 Å².